The van der Waals surface area contributed by atoms with Gasteiger partial charge in [-0.25, -0.2) is 0 Å². The van der Waals surface area contributed by atoms with Crippen LogP contribution >= 0.6 is 0 Å². The van der Waals surface area contributed by atoms with Crippen LogP contribution in [0.1, 0.15) is 32.6 Å². The summed E-state index contributed by atoms with van der Waals surface area (Å²) in [6, 6.07) is 0. The molecule has 2 fully saturated rings. The molecular formula is C13H23N3O2. The van der Waals surface area contributed by atoms with Gasteiger partial charge in [-0.05, 0) is 32.6 Å². The van der Waals surface area contributed by atoms with Gasteiger partial charge in [-0.1, -0.05) is 0 Å². The van der Waals surface area contributed by atoms with Crippen molar-refractivity contribution in [2.75, 3.05) is 26.2 Å². The Kier molecular flexibility index (Phi) is 3.90. The predicted octanol–water partition coefficient (Wildman–Crippen LogP) is 0.100. The third-order valence-electron chi connectivity index (χ3n) is 4.20. The van der Waals surface area contributed by atoms with Gasteiger partial charge in [-0.3, -0.25) is 9.59 Å². The highest BCUT2D eigenvalue weighted by molar-refractivity contribution is 5.86. The topological polar surface area (TPSA) is 75.4 Å². The maximum absolute atomic E-state index is 12.3. The maximum Gasteiger partial charge on any atom is 0.230 e. The number of carbonyl (C=O) groups is 2. The highest BCUT2D eigenvalue weighted by Gasteiger charge is 2.50. The minimum Gasteiger partial charge on any atom is -0.356 e. The van der Waals surface area contributed by atoms with Crippen LogP contribution in [0.15, 0.2) is 0 Å². The first-order chi connectivity index (χ1) is 8.63. The van der Waals surface area contributed by atoms with E-state index in [4.69, 9.17) is 5.73 Å². The van der Waals surface area contributed by atoms with Crippen molar-refractivity contribution in [1.29, 1.82) is 0 Å². The number of carbonyl (C=O) groups excluding carboxylic acids is 2. The molecule has 3 N–H and O–H groups in total. The molecule has 0 aromatic carbocycles. The number of nitrogens with one attached hydrogen (secondary N) is 1. The van der Waals surface area contributed by atoms with E-state index in [0.29, 0.717) is 26.2 Å². The molecule has 0 unspecified atom stereocenters. The van der Waals surface area contributed by atoms with E-state index in [1.54, 1.807) is 0 Å². The Balaban J connectivity index is 1.83. The van der Waals surface area contributed by atoms with Crippen molar-refractivity contribution in [3.05, 3.63) is 0 Å². The minimum absolute atomic E-state index is 0.0713. The van der Waals surface area contributed by atoms with Gasteiger partial charge in [0.05, 0.1) is 5.41 Å². The third-order valence-corrected chi connectivity index (χ3v) is 4.20. The summed E-state index contributed by atoms with van der Waals surface area (Å²) in [6.07, 6.45) is 3.41. The van der Waals surface area contributed by atoms with Gasteiger partial charge in [0.15, 0.2) is 0 Å². The SMILES string of the molecule is CCNC(=O)C1CCN(C(=O)C2(CN)CC2)CC1. The van der Waals surface area contributed by atoms with E-state index in [1.165, 1.54) is 0 Å². The molecule has 2 rings (SSSR count). The van der Waals surface area contributed by atoms with Crippen LogP contribution in [0, 0.1) is 11.3 Å². The summed E-state index contributed by atoms with van der Waals surface area (Å²) in [5, 5.41) is 2.85. The highest BCUT2D eigenvalue weighted by atomic mass is 16.2. The fraction of sp³-hybridized carbons (Fsp3) is 0.846. The number of piperidine rings is 1. The first-order valence-corrected chi connectivity index (χ1v) is 6.90. The molecule has 0 aromatic heterocycles. The van der Waals surface area contributed by atoms with Gasteiger partial charge >= 0.3 is 0 Å². The van der Waals surface area contributed by atoms with Gasteiger partial charge in [0.2, 0.25) is 11.8 Å². The van der Waals surface area contributed by atoms with Crippen molar-refractivity contribution in [1.82, 2.24) is 10.2 Å². The molecule has 1 saturated heterocycles. The third kappa shape index (κ3) is 2.51. The number of likely N-dealkylation sites (tertiary alicyclic amines) is 1. The van der Waals surface area contributed by atoms with E-state index >= 15 is 0 Å². The average Bonchev–Trinajstić information content (AvgIpc) is 3.19. The van der Waals surface area contributed by atoms with E-state index in [1.807, 2.05) is 11.8 Å². The zero-order valence-electron chi connectivity index (χ0n) is 11.1. The quantitative estimate of drug-likeness (QED) is 0.746. The summed E-state index contributed by atoms with van der Waals surface area (Å²) < 4.78 is 0. The van der Waals surface area contributed by atoms with Crippen molar-refractivity contribution in [3.8, 4) is 0 Å². The van der Waals surface area contributed by atoms with E-state index in [-0.39, 0.29) is 23.1 Å². The zero-order chi connectivity index (χ0) is 13.2. The molecule has 2 amide bonds. The summed E-state index contributed by atoms with van der Waals surface area (Å²) in [4.78, 5) is 25.9. The van der Waals surface area contributed by atoms with E-state index in [9.17, 15) is 9.59 Å². The molecule has 1 heterocycles. The minimum atomic E-state index is -0.251. The molecule has 0 radical (unpaired) electrons. The number of hydrogen-bond donors (Lipinski definition) is 2. The van der Waals surface area contributed by atoms with Crippen LogP contribution in [0.25, 0.3) is 0 Å². The lowest BCUT2D eigenvalue weighted by Crippen LogP contribution is -2.47. The second kappa shape index (κ2) is 5.26. The molecule has 1 saturated carbocycles. The molecule has 18 heavy (non-hydrogen) atoms. The van der Waals surface area contributed by atoms with Crippen LogP contribution < -0.4 is 11.1 Å². The molecule has 2 aliphatic rings. The Hall–Kier alpha value is -1.10. The van der Waals surface area contributed by atoms with Crippen LogP contribution in [-0.2, 0) is 9.59 Å². The number of rotatable bonds is 4. The molecule has 1 aliphatic heterocycles. The van der Waals surface area contributed by atoms with Crippen LogP contribution in [0.2, 0.25) is 0 Å². The summed E-state index contributed by atoms with van der Waals surface area (Å²) in [6.45, 7) is 4.45. The number of hydrogen-bond acceptors (Lipinski definition) is 3. The summed E-state index contributed by atoms with van der Waals surface area (Å²) in [7, 11) is 0. The first kappa shape index (κ1) is 13.3. The lowest BCUT2D eigenvalue weighted by molar-refractivity contribution is -0.140. The summed E-state index contributed by atoms with van der Waals surface area (Å²) >= 11 is 0. The molecular weight excluding hydrogens is 230 g/mol. The first-order valence-electron chi connectivity index (χ1n) is 6.90. The summed E-state index contributed by atoms with van der Waals surface area (Å²) in [5.74, 6) is 0.408. The Morgan fingerprint density at radius 1 is 1.33 bits per heavy atom. The number of nitrogens with zero attached hydrogens (tertiary/aromatic N) is 1. The Morgan fingerprint density at radius 3 is 2.39 bits per heavy atom. The maximum atomic E-state index is 12.3. The van der Waals surface area contributed by atoms with Gasteiger partial charge in [0, 0.05) is 32.1 Å². The fourth-order valence-corrected chi connectivity index (χ4v) is 2.65. The number of amides is 2. The smallest absolute Gasteiger partial charge is 0.230 e. The summed E-state index contributed by atoms with van der Waals surface area (Å²) in [5.41, 5.74) is 5.43. The molecule has 0 spiro atoms. The zero-order valence-corrected chi connectivity index (χ0v) is 11.1. The normalized spacial score (nSPS) is 22.7. The Bertz CT molecular complexity index is 331. The van der Waals surface area contributed by atoms with Crippen molar-refractivity contribution >= 4 is 11.8 Å². The van der Waals surface area contributed by atoms with Crippen molar-refractivity contribution in [2.45, 2.75) is 32.6 Å². The van der Waals surface area contributed by atoms with Gasteiger partial charge in [-0.2, -0.15) is 0 Å². The Labute approximate surface area is 108 Å². The molecule has 1 aliphatic carbocycles. The van der Waals surface area contributed by atoms with Crippen LogP contribution in [0.4, 0.5) is 0 Å². The van der Waals surface area contributed by atoms with Crippen molar-refractivity contribution in [2.24, 2.45) is 17.1 Å². The van der Waals surface area contributed by atoms with Crippen molar-refractivity contribution < 1.29 is 9.59 Å². The van der Waals surface area contributed by atoms with Gasteiger partial charge in [0.1, 0.15) is 0 Å². The van der Waals surface area contributed by atoms with Crippen molar-refractivity contribution in [3.63, 3.8) is 0 Å². The lowest BCUT2D eigenvalue weighted by atomic mass is 9.94. The van der Waals surface area contributed by atoms with Crippen LogP contribution in [0.3, 0.4) is 0 Å². The van der Waals surface area contributed by atoms with Gasteiger partial charge < -0.3 is 16.0 Å². The number of nitrogens with two attached hydrogens (primary N) is 1. The van der Waals surface area contributed by atoms with E-state index in [2.05, 4.69) is 5.32 Å². The monoisotopic (exact) mass is 253 g/mol. The average molecular weight is 253 g/mol. The molecule has 0 atom stereocenters. The second-order valence-electron chi connectivity index (χ2n) is 5.45. The second-order valence-corrected chi connectivity index (χ2v) is 5.45. The molecule has 0 aromatic rings. The molecule has 5 nitrogen and oxygen atoms in total. The largest absolute Gasteiger partial charge is 0.356 e. The standard InChI is InChI=1S/C13H23N3O2/c1-2-15-11(17)10-3-7-16(8-4-10)12(18)13(9-14)5-6-13/h10H,2-9,14H2,1H3,(H,15,17). The molecule has 5 heteroatoms. The van der Waals surface area contributed by atoms with Gasteiger partial charge in [0.25, 0.3) is 0 Å². The predicted molar refractivity (Wildman–Crippen MR) is 68.7 cm³/mol. The van der Waals surface area contributed by atoms with E-state index in [0.717, 1.165) is 25.7 Å². The molecule has 102 valence electrons. The van der Waals surface area contributed by atoms with Gasteiger partial charge in [-0.15, -0.1) is 0 Å². The molecule has 0 bridgehead atoms. The Morgan fingerprint density at radius 2 is 1.94 bits per heavy atom. The van der Waals surface area contributed by atoms with Crippen LogP contribution in [0.5, 0.6) is 0 Å². The fourth-order valence-electron chi connectivity index (χ4n) is 2.65. The lowest BCUT2D eigenvalue weighted by Gasteiger charge is -2.33. The van der Waals surface area contributed by atoms with Crippen LogP contribution in [-0.4, -0.2) is 42.9 Å². The van der Waals surface area contributed by atoms with E-state index < -0.39 is 0 Å². The highest BCUT2D eigenvalue weighted by Crippen LogP contribution is 2.46.